The van der Waals surface area contributed by atoms with E-state index >= 15 is 0 Å². The second-order valence-corrected chi connectivity index (χ2v) is 6.61. The van der Waals surface area contributed by atoms with Gasteiger partial charge in [0.05, 0.1) is 17.0 Å². The molecule has 0 aromatic heterocycles. The van der Waals surface area contributed by atoms with Crippen LogP contribution in [0.25, 0.3) is 0 Å². The molecule has 0 aliphatic rings. The van der Waals surface area contributed by atoms with Crippen LogP contribution in [0.1, 0.15) is 17.3 Å². The van der Waals surface area contributed by atoms with Crippen molar-refractivity contribution in [2.45, 2.75) is 13.0 Å². The molecule has 0 aliphatic carbocycles. The van der Waals surface area contributed by atoms with Gasteiger partial charge in [-0.05, 0) is 19.1 Å². The first-order valence-corrected chi connectivity index (χ1v) is 7.49. The number of carbonyl (C=O) groups is 1. The number of anilines is 2. The van der Waals surface area contributed by atoms with Crippen LogP contribution in [-0.4, -0.2) is 32.4 Å². The Kier molecular flexibility index (Phi) is 4.35. The van der Waals surface area contributed by atoms with Crippen LogP contribution in [-0.2, 0) is 9.84 Å². The molecule has 0 radical (unpaired) electrons. The van der Waals surface area contributed by atoms with E-state index in [9.17, 15) is 17.6 Å². The smallest absolute Gasteiger partial charge is 0.250 e. The highest BCUT2D eigenvalue weighted by Crippen LogP contribution is 2.22. The quantitative estimate of drug-likeness (QED) is 0.677. The summed E-state index contributed by atoms with van der Waals surface area (Å²) in [5.74, 6) is -1.62. The first-order chi connectivity index (χ1) is 8.60. The van der Waals surface area contributed by atoms with E-state index in [2.05, 4.69) is 5.32 Å². The lowest BCUT2D eigenvalue weighted by atomic mass is 10.1. The van der Waals surface area contributed by atoms with Gasteiger partial charge < -0.3 is 16.8 Å². The maximum atomic E-state index is 13.6. The van der Waals surface area contributed by atoms with Crippen molar-refractivity contribution in [2.75, 3.05) is 23.1 Å². The number of hydrogen-bond acceptors (Lipinski definition) is 5. The number of primary amides is 1. The predicted molar refractivity (Wildman–Crippen MR) is 72.1 cm³/mol. The van der Waals surface area contributed by atoms with E-state index in [1.807, 2.05) is 0 Å². The molecule has 1 unspecified atom stereocenters. The Morgan fingerprint density at radius 3 is 2.53 bits per heavy atom. The summed E-state index contributed by atoms with van der Waals surface area (Å²) in [6, 6.07) is 1.62. The maximum absolute atomic E-state index is 13.6. The predicted octanol–water partition coefficient (Wildman–Crippen LogP) is 0.352. The molecule has 19 heavy (non-hydrogen) atoms. The van der Waals surface area contributed by atoms with E-state index in [-0.39, 0.29) is 22.7 Å². The van der Waals surface area contributed by atoms with E-state index in [0.29, 0.717) is 0 Å². The topological polar surface area (TPSA) is 115 Å². The molecule has 106 valence electrons. The minimum atomic E-state index is -3.19. The number of nitrogens with two attached hydrogens (primary N) is 2. The summed E-state index contributed by atoms with van der Waals surface area (Å²) >= 11 is 0. The van der Waals surface area contributed by atoms with Gasteiger partial charge in [0.25, 0.3) is 5.91 Å². The monoisotopic (exact) mass is 289 g/mol. The van der Waals surface area contributed by atoms with Crippen LogP contribution >= 0.6 is 0 Å². The molecule has 1 aromatic carbocycles. The van der Waals surface area contributed by atoms with Gasteiger partial charge in [-0.1, -0.05) is 0 Å². The summed E-state index contributed by atoms with van der Waals surface area (Å²) in [5, 5.41) is 2.67. The zero-order chi connectivity index (χ0) is 14.8. The normalized spacial score (nSPS) is 13.0. The van der Waals surface area contributed by atoms with Gasteiger partial charge in [-0.25, -0.2) is 12.8 Å². The lowest BCUT2D eigenvalue weighted by Crippen LogP contribution is -2.26. The van der Waals surface area contributed by atoms with Crippen molar-refractivity contribution in [3.8, 4) is 0 Å². The van der Waals surface area contributed by atoms with Gasteiger partial charge in [0.1, 0.15) is 15.7 Å². The molecule has 0 fully saturated rings. The highest BCUT2D eigenvalue weighted by atomic mass is 32.2. The number of halogens is 1. The summed E-state index contributed by atoms with van der Waals surface area (Å²) in [7, 11) is -3.19. The minimum absolute atomic E-state index is 0.0147. The summed E-state index contributed by atoms with van der Waals surface area (Å²) in [5.41, 5.74) is 10.5. The number of sulfone groups is 1. The SMILES string of the molecule is CC(CS(C)(=O)=O)Nc1cc(C(N)=O)c(N)cc1F. The van der Waals surface area contributed by atoms with Crippen molar-refractivity contribution in [2.24, 2.45) is 5.73 Å². The highest BCUT2D eigenvalue weighted by molar-refractivity contribution is 7.90. The number of hydrogen-bond donors (Lipinski definition) is 3. The molecule has 1 atom stereocenters. The van der Waals surface area contributed by atoms with Crippen LogP contribution < -0.4 is 16.8 Å². The number of carbonyl (C=O) groups excluding carboxylic acids is 1. The molecule has 0 saturated carbocycles. The number of nitrogen functional groups attached to an aromatic ring is 1. The van der Waals surface area contributed by atoms with E-state index in [1.54, 1.807) is 6.92 Å². The largest absolute Gasteiger partial charge is 0.398 e. The van der Waals surface area contributed by atoms with E-state index in [4.69, 9.17) is 11.5 Å². The van der Waals surface area contributed by atoms with Gasteiger partial charge in [0.2, 0.25) is 0 Å². The van der Waals surface area contributed by atoms with Crippen molar-refractivity contribution < 1.29 is 17.6 Å². The molecule has 1 aromatic rings. The Hall–Kier alpha value is -1.83. The Morgan fingerprint density at radius 1 is 1.47 bits per heavy atom. The standard InChI is InChI=1S/C11H16FN3O3S/c1-6(5-19(2,17)18)15-10-3-7(11(14)16)9(13)4-8(10)12/h3-4,6,15H,5,13H2,1-2H3,(H2,14,16). The Labute approximate surface area is 110 Å². The van der Waals surface area contributed by atoms with Gasteiger partial charge in [-0.2, -0.15) is 0 Å². The fraction of sp³-hybridized carbons (Fsp3) is 0.364. The number of nitrogens with one attached hydrogen (secondary N) is 1. The Balaban J connectivity index is 3.01. The second kappa shape index (κ2) is 5.43. The van der Waals surface area contributed by atoms with Crippen molar-refractivity contribution in [3.63, 3.8) is 0 Å². The molecule has 6 nitrogen and oxygen atoms in total. The van der Waals surface area contributed by atoms with Gasteiger partial charge in [-0.3, -0.25) is 4.79 Å². The van der Waals surface area contributed by atoms with Crippen LogP contribution in [0.4, 0.5) is 15.8 Å². The summed E-state index contributed by atoms with van der Waals surface area (Å²) in [4.78, 5) is 11.1. The second-order valence-electron chi connectivity index (χ2n) is 4.42. The van der Waals surface area contributed by atoms with Gasteiger partial charge >= 0.3 is 0 Å². The van der Waals surface area contributed by atoms with Crippen LogP contribution in [0.15, 0.2) is 12.1 Å². The molecule has 0 bridgehead atoms. The van der Waals surface area contributed by atoms with Crippen molar-refractivity contribution >= 4 is 27.1 Å². The minimum Gasteiger partial charge on any atom is -0.398 e. The molecule has 5 N–H and O–H groups in total. The van der Waals surface area contributed by atoms with Crippen molar-refractivity contribution in [3.05, 3.63) is 23.5 Å². The molecular formula is C11H16FN3O3S. The maximum Gasteiger partial charge on any atom is 0.250 e. The van der Waals surface area contributed by atoms with Crippen molar-refractivity contribution in [1.82, 2.24) is 0 Å². The average molecular weight is 289 g/mol. The Bertz CT molecular complexity index is 601. The third kappa shape index (κ3) is 4.40. The molecule has 8 heteroatoms. The first kappa shape index (κ1) is 15.2. The fourth-order valence-corrected chi connectivity index (χ4v) is 2.67. The molecule has 0 heterocycles. The molecule has 1 rings (SSSR count). The summed E-state index contributed by atoms with van der Waals surface area (Å²) in [6.45, 7) is 1.58. The van der Waals surface area contributed by atoms with E-state index < -0.39 is 27.6 Å². The number of amides is 1. The lowest BCUT2D eigenvalue weighted by Gasteiger charge is -2.16. The van der Waals surface area contributed by atoms with Crippen LogP contribution in [0.2, 0.25) is 0 Å². The summed E-state index contributed by atoms with van der Waals surface area (Å²) in [6.07, 6.45) is 1.08. The van der Waals surface area contributed by atoms with Crippen LogP contribution in [0.3, 0.4) is 0 Å². The average Bonchev–Trinajstić information content (AvgIpc) is 2.18. The summed E-state index contributed by atoms with van der Waals surface area (Å²) < 4.78 is 35.9. The van der Waals surface area contributed by atoms with Gasteiger partial charge in [0.15, 0.2) is 0 Å². The Morgan fingerprint density at radius 2 is 2.05 bits per heavy atom. The zero-order valence-electron chi connectivity index (χ0n) is 10.6. The van der Waals surface area contributed by atoms with Crippen LogP contribution in [0, 0.1) is 5.82 Å². The van der Waals surface area contributed by atoms with E-state index in [0.717, 1.165) is 12.3 Å². The number of benzene rings is 1. The molecule has 0 aliphatic heterocycles. The molecule has 1 amide bonds. The van der Waals surface area contributed by atoms with Gasteiger partial charge in [-0.15, -0.1) is 0 Å². The fourth-order valence-electron chi connectivity index (χ4n) is 1.67. The zero-order valence-corrected chi connectivity index (χ0v) is 11.4. The third-order valence-electron chi connectivity index (χ3n) is 2.36. The first-order valence-electron chi connectivity index (χ1n) is 5.43. The van der Waals surface area contributed by atoms with E-state index in [1.165, 1.54) is 6.07 Å². The molecule has 0 saturated heterocycles. The van der Waals surface area contributed by atoms with Gasteiger partial charge in [0, 0.05) is 18.0 Å². The number of rotatable bonds is 5. The van der Waals surface area contributed by atoms with Crippen molar-refractivity contribution in [1.29, 1.82) is 0 Å². The lowest BCUT2D eigenvalue weighted by molar-refractivity contribution is 0.100. The third-order valence-corrected chi connectivity index (χ3v) is 3.46. The molecule has 0 spiro atoms. The van der Waals surface area contributed by atoms with Crippen LogP contribution in [0.5, 0.6) is 0 Å². The molecular weight excluding hydrogens is 273 g/mol. The highest BCUT2D eigenvalue weighted by Gasteiger charge is 2.15.